The maximum Gasteiger partial charge on any atom is 0.127 e. The second-order valence-corrected chi connectivity index (χ2v) is 5.70. The van der Waals surface area contributed by atoms with Crippen molar-refractivity contribution < 1.29 is 4.74 Å². The maximum atomic E-state index is 5.26. The number of thioether (sulfide) groups is 1. The summed E-state index contributed by atoms with van der Waals surface area (Å²) >= 11 is 1.73. The Labute approximate surface area is 128 Å². The molecule has 21 heavy (non-hydrogen) atoms. The van der Waals surface area contributed by atoms with Crippen LogP contribution in [-0.4, -0.2) is 17.1 Å². The van der Waals surface area contributed by atoms with Crippen molar-refractivity contribution in [1.29, 1.82) is 0 Å². The number of aromatic nitrogens is 2. The van der Waals surface area contributed by atoms with Gasteiger partial charge in [-0.15, -0.1) is 11.8 Å². The van der Waals surface area contributed by atoms with E-state index in [-0.39, 0.29) is 0 Å². The second-order valence-electron chi connectivity index (χ2n) is 4.73. The van der Waals surface area contributed by atoms with E-state index >= 15 is 0 Å². The van der Waals surface area contributed by atoms with Gasteiger partial charge in [0.2, 0.25) is 0 Å². The lowest BCUT2D eigenvalue weighted by molar-refractivity contribution is 0.414. The van der Waals surface area contributed by atoms with Crippen molar-refractivity contribution in [3.8, 4) is 5.75 Å². The molecule has 2 aromatic carbocycles. The number of ether oxygens (including phenoxy) is 1. The molecule has 4 heteroatoms. The van der Waals surface area contributed by atoms with Crippen LogP contribution in [-0.2, 0) is 5.75 Å². The fraction of sp³-hybridized carbons (Fsp3) is 0.176. The highest BCUT2D eigenvalue weighted by molar-refractivity contribution is 7.98. The van der Waals surface area contributed by atoms with Crippen LogP contribution in [0.4, 0.5) is 0 Å². The van der Waals surface area contributed by atoms with Crippen LogP contribution in [0.15, 0.2) is 53.6 Å². The first-order valence-corrected chi connectivity index (χ1v) is 7.74. The molecule has 0 N–H and O–H groups in total. The Morgan fingerprint density at radius 1 is 1.05 bits per heavy atom. The van der Waals surface area contributed by atoms with E-state index in [1.54, 1.807) is 18.9 Å². The maximum absolute atomic E-state index is 5.26. The molecule has 0 bridgehead atoms. The number of hydrogen-bond donors (Lipinski definition) is 0. The number of fused-ring (bicyclic) bond motifs is 1. The fourth-order valence-corrected chi connectivity index (χ4v) is 3.19. The number of rotatable bonds is 4. The van der Waals surface area contributed by atoms with Crippen molar-refractivity contribution in [1.82, 2.24) is 9.97 Å². The van der Waals surface area contributed by atoms with Crippen LogP contribution in [0.2, 0.25) is 0 Å². The minimum Gasteiger partial charge on any atom is -0.497 e. The van der Waals surface area contributed by atoms with Crippen molar-refractivity contribution >= 4 is 22.7 Å². The number of aryl methyl sites for hydroxylation is 1. The SMILES string of the molecule is COc1cccc(CSc2nc(C)nc3ccccc23)c1. The zero-order valence-electron chi connectivity index (χ0n) is 12.0. The van der Waals surface area contributed by atoms with E-state index in [0.717, 1.165) is 33.3 Å². The summed E-state index contributed by atoms with van der Waals surface area (Å²) < 4.78 is 5.26. The summed E-state index contributed by atoms with van der Waals surface area (Å²) in [5, 5.41) is 2.14. The van der Waals surface area contributed by atoms with Gasteiger partial charge in [0, 0.05) is 11.1 Å². The van der Waals surface area contributed by atoms with E-state index in [1.807, 2.05) is 37.3 Å². The Balaban J connectivity index is 1.87. The first-order valence-electron chi connectivity index (χ1n) is 6.75. The van der Waals surface area contributed by atoms with Gasteiger partial charge in [-0.05, 0) is 30.7 Å². The Kier molecular flexibility index (Phi) is 4.06. The van der Waals surface area contributed by atoms with E-state index in [0.29, 0.717) is 0 Å². The van der Waals surface area contributed by atoms with Gasteiger partial charge in [-0.1, -0.05) is 30.3 Å². The van der Waals surface area contributed by atoms with E-state index in [4.69, 9.17) is 4.74 Å². The molecule has 0 amide bonds. The third-order valence-electron chi connectivity index (χ3n) is 3.19. The Hall–Kier alpha value is -2.07. The summed E-state index contributed by atoms with van der Waals surface area (Å²) in [6.45, 7) is 1.93. The standard InChI is InChI=1S/C17H16N2OS/c1-12-18-16-9-4-3-8-15(16)17(19-12)21-11-13-6-5-7-14(10-13)20-2/h3-10H,11H2,1-2H3. The molecule has 1 aromatic heterocycles. The van der Waals surface area contributed by atoms with Crippen LogP contribution >= 0.6 is 11.8 Å². The van der Waals surface area contributed by atoms with Gasteiger partial charge < -0.3 is 4.74 Å². The molecule has 0 fully saturated rings. The summed E-state index contributed by atoms with van der Waals surface area (Å²) in [5.74, 6) is 2.55. The fourth-order valence-electron chi connectivity index (χ4n) is 2.18. The van der Waals surface area contributed by atoms with Crippen LogP contribution in [0, 0.1) is 6.92 Å². The van der Waals surface area contributed by atoms with Gasteiger partial charge in [0.15, 0.2) is 0 Å². The first-order chi connectivity index (χ1) is 10.3. The van der Waals surface area contributed by atoms with Crippen LogP contribution in [0.5, 0.6) is 5.75 Å². The lowest BCUT2D eigenvalue weighted by Crippen LogP contribution is -1.93. The number of methoxy groups -OCH3 is 1. The minimum absolute atomic E-state index is 0.807. The molecule has 0 aliphatic rings. The average molecular weight is 296 g/mol. The Bertz CT molecular complexity index is 774. The smallest absolute Gasteiger partial charge is 0.127 e. The molecule has 1 heterocycles. The molecule has 3 nitrogen and oxygen atoms in total. The molecule has 0 unspecified atom stereocenters. The van der Waals surface area contributed by atoms with Crippen molar-refractivity contribution in [3.63, 3.8) is 0 Å². The van der Waals surface area contributed by atoms with E-state index in [2.05, 4.69) is 28.2 Å². The zero-order chi connectivity index (χ0) is 14.7. The molecule has 0 aliphatic heterocycles. The lowest BCUT2D eigenvalue weighted by Gasteiger charge is -2.07. The number of para-hydroxylation sites is 1. The highest BCUT2D eigenvalue weighted by atomic mass is 32.2. The molecule has 0 saturated heterocycles. The third-order valence-corrected chi connectivity index (χ3v) is 4.25. The average Bonchev–Trinajstić information content (AvgIpc) is 2.52. The topological polar surface area (TPSA) is 35.0 Å². The molecule has 0 saturated carbocycles. The Morgan fingerprint density at radius 2 is 1.90 bits per heavy atom. The quantitative estimate of drug-likeness (QED) is 0.533. The lowest BCUT2D eigenvalue weighted by atomic mass is 10.2. The van der Waals surface area contributed by atoms with Gasteiger partial charge in [-0.2, -0.15) is 0 Å². The highest BCUT2D eigenvalue weighted by Gasteiger charge is 2.06. The predicted octanol–water partition coefficient (Wildman–Crippen LogP) is 4.24. The third kappa shape index (κ3) is 3.16. The molecule has 106 valence electrons. The monoisotopic (exact) mass is 296 g/mol. The highest BCUT2D eigenvalue weighted by Crippen LogP contribution is 2.28. The minimum atomic E-state index is 0.807. The van der Waals surface area contributed by atoms with Gasteiger partial charge in [0.25, 0.3) is 0 Å². The van der Waals surface area contributed by atoms with E-state index in [1.165, 1.54) is 5.56 Å². The largest absolute Gasteiger partial charge is 0.497 e. The first kappa shape index (κ1) is 13.9. The summed E-state index contributed by atoms with van der Waals surface area (Å²) in [6.07, 6.45) is 0. The molecule has 3 aromatic rings. The predicted molar refractivity (Wildman–Crippen MR) is 86.8 cm³/mol. The van der Waals surface area contributed by atoms with Crippen molar-refractivity contribution in [3.05, 3.63) is 59.9 Å². The van der Waals surface area contributed by atoms with Crippen LogP contribution in [0.1, 0.15) is 11.4 Å². The second kappa shape index (κ2) is 6.14. The van der Waals surface area contributed by atoms with Gasteiger partial charge in [-0.25, -0.2) is 9.97 Å². The molecule has 0 spiro atoms. The number of benzene rings is 2. The van der Waals surface area contributed by atoms with Gasteiger partial charge in [0.05, 0.1) is 12.6 Å². The summed E-state index contributed by atoms with van der Waals surface area (Å²) in [4.78, 5) is 9.05. The molecule has 0 aliphatic carbocycles. The number of hydrogen-bond acceptors (Lipinski definition) is 4. The molecule has 3 rings (SSSR count). The van der Waals surface area contributed by atoms with E-state index in [9.17, 15) is 0 Å². The number of nitrogens with zero attached hydrogens (tertiary/aromatic N) is 2. The Morgan fingerprint density at radius 3 is 2.76 bits per heavy atom. The van der Waals surface area contributed by atoms with Crippen LogP contribution in [0.25, 0.3) is 10.9 Å². The van der Waals surface area contributed by atoms with Crippen molar-refractivity contribution in [2.24, 2.45) is 0 Å². The molecular weight excluding hydrogens is 280 g/mol. The molecule has 0 atom stereocenters. The van der Waals surface area contributed by atoms with Crippen molar-refractivity contribution in [2.75, 3.05) is 7.11 Å². The van der Waals surface area contributed by atoms with Gasteiger partial charge >= 0.3 is 0 Å². The van der Waals surface area contributed by atoms with Crippen LogP contribution in [0.3, 0.4) is 0 Å². The van der Waals surface area contributed by atoms with Gasteiger partial charge in [-0.3, -0.25) is 0 Å². The molecule has 0 radical (unpaired) electrons. The zero-order valence-corrected chi connectivity index (χ0v) is 12.9. The summed E-state index contributed by atoms with van der Waals surface area (Å²) in [6, 6.07) is 16.3. The van der Waals surface area contributed by atoms with Gasteiger partial charge in [0.1, 0.15) is 16.6 Å². The van der Waals surface area contributed by atoms with Crippen LogP contribution < -0.4 is 4.74 Å². The molecular formula is C17H16N2OS. The summed E-state index contributed by atoms with van der Waals surface area (Å²) in [5.41, 5.74) is 2.22. The van der Waals surface area contributed by atoms with E-state index < -0.39 is 0 Å². The normalized spacial score (nSPS) is 10.8. The summed E-state index contributed by atoms with van der Waals surface area (Å²) in [7, 11) is 1.69. The van der Waals surface area contributed by atoms with Crippen molar-refractivity contribution in [2.45, 2.75) is 17.7 Å².